The van der Waals surface area contributed by atoms with Crippen molar-refractivity contribution < 1.29 is 14.3 Å². The van der Waals surface area contributed by atoms with Crippen molar-refractivity contribution in [3.05, 3.63) is 11.8 Å². The van der Waals surface area contributed by atoms with Crippen LogP contribution in [0.4, 0.5) is 0 Å². The molecule has 1 aromatic heterocycles. The van der Waals surface area contributed by atoms with Gasteiger partial charge in [-0.2, -0.15) is 0 Å². The summed E-state index contributed by atoms with van der Waals surface area (Å²) < 4.78 is 12.6. The summed E-state index contributed by atoms with van der Waals surface area (Å²) in [5, 5.41) is 7.23. The molecule has 1 aliphatic carbocycles. The molecular weight excluding hydrogens is 258 g/mol. The second-order valence-corrected chi connectivity index (χ2v) is 5.68. The molecule has 2 aliphatic rings. The summed E-state index contributed by atoms with van der Waals surface area (Å²) in [6.07, 6.45) is 5.84. The molecule has 1 saturated carbocycles. The van der Waals surface area contributed by atoms with Gasteiger partial charge >= 0.3 is 0 Å². The lowest BCUT2D eigenvalue weighted by Gasteiger charge is -2.26. The number of amides is 1. The number of nitrogens with one attached hydrogen (secondary N) is 1. The number of fused-ring (bicyclic) bond motifs is 1. The smallest absolute Gasteiger partial charge is 0.237 e. The highest BCUT2D eigenvalue weighted by molar-refractivity contribution is 5.84. The summed E-state index contributed by atoms with van der Waals surface area (Å²) in [4.78, 5) is 12.6. The topological polar surface area (TPSA) is 65.4 Å². The number of ether oxygens (including phenoxy) is 2. The Balaban J connectivity index is 1.67. The molecule has 0 radical (unpaired) electrons. The fourth-order valence-corrected chi connectivity index (χ4v) is 3.49. The molecule has 1 aromatic rings. The zero-order chi connectivity index (χ0) is 14.2. The number of rotatable bonds is 4. The normalized spacial score (nSPS) is 28.4. The summed E-state index contributed by atoms with van der Waals surface area (Å²) in [5.41, 5.74) is 0.600. The Kier molecular flexibility index (Phi) is 3.41. The van der Waals surface area contributed by atoms with Gasteiger partial charge in [-0.1, -0.05) is 0 Å². The molecule has 0 unspecified atom stereocenters. The summed E-state index contributed by atoms with van der Waals surface area (Å²) in [5.74, 6) is 0.680. The van der Waals surface area contributed by atoms with Crippen LogP contribution in [-0.2, 0) is 23.1 Å². The quantitative estimate of drug-likeness (QED) is 0.893. The number of nitrogens with zero attached hydrogens (tertiary/aromatic N) is 2. The van der Waals surface area contributed by atoms with Gasteiger partial charge in [0.1, 0.15) is 0 Å². The molecule has 0 bridgehead atoms. The summed E-state index contributed by atoms with van der Waals surface area (Å²) >= 11 is 0. The molecule has 20 heavy (non-hydrogen) atoms. The van der Waals surface area contributed by atoms with E-state index >= 15 is 0 Å². The molecule has 110 valence electrons. The fraction of sp³-hybridized carbons (Fsp3) is 0.714. The minimum absolute atomic E-state index is 0.110. The third-order valence-corrected chi connectivity index (χ3v) is 4.52. The highest BCUT2D eigenvalue weighted by Crippen LogP contribution is 2.47. The average Bonchev–Trinajstić information content (AvgIpc) is 3.08. The second-order valence-electron chi connectivity index (χ2n) is 5.68. The average molecular weight is 279 g/mol. The van der Waals surface area contributed by atoms with E-state index in [1.54, 1.807) is 11.8 Å². The van der Waals surface area contributed by atoms with Crippen LogP contribution in [0, 0.1) is 5.41 Å². The summed E-state index contributed by atoms with van der Waals surface area (Å²) in [7, 11) is 3.43. The highest BCUT2D eigenvalue weighted by atomic mass is 16.5. The Hall–Kier alpha value is -1.56. The van der Waals surface area contributed by atoms with Crippen LogP contribution in [-0.4, -0.2) is 35.5 Å². The van der Waals surface area contributed by atoms with Gasteiger partial charge in [-0.3, -0.25) is 9.48 Å². The van der Waals surface area contributed by atoms with Gasteiger partial charge in [0.2, 0.25) is 11.8 Å². The lowest BCUT2D eigenvalue weighted by atomic mass is 9.82. The van der Waals surface area contributed by atoms with Crippen LogP contribution in [0.5, 0.6) is 5.88 Å². The lowest BCUT2D eigenvalue weighted by Crippen LogP contribution is -2.43. The van der Waals surface area contributed by atoms with E-state index in [-0.39, 0.29) is 17.4 Å². The van der Waals surface area contributed by atoms with E-state index in [0.29, 0.717) is 19.0 Å². The minimum atomic E-state index is -0.296. The number of aromatic nitrogens is 2. The molecule has 6 heteroatoms. The maximum atomic E-state index is 12.6. The van der Waals surface area contributed by atoms with Crippen LogP contribution in [0.2, 0.25) is 0 Å². The molecule has 0 spiro atoms. The molecule has 2 heterocycles. The fourth-order valence-electron chi connectivity index (χ4n) is 3.49. The van der Waals surface area contributed by atoms with E-state index in [0.717, 1.165) is 31.2 Å². The predicted octanol–water partition coefficient (Wildman–Crippen LogP) is 1.00. The predicted molar refractivity (Wildman–Crippen MR) is 72.2 cm³/mol. The Bertz CT molecular complexity index is 502. The van der Waals surface area contributed by atoms with E-state index in [9.17, 15) is 4.79 Å². The first-order valence-corrected chi connectivity index (χ1v) is 7.12. The van der Waals surface area contributed by atoms with E-state index in [1.165, 1.54) is 0 Å². The zero-order valence-electron chi connectivity index (χ0n) is 12.0. The number of methoxy groups -OCH3 is 1. The van der Waals surface area contributed by atoms with Gasteiger partial charge in [-0.25, -0.2) is 0 Å². The van der Waals surface area contributed by atoms with Crippen molar-refractivity contribution in [2.45, 2.75) is 38.3 Å². The van der Waals surface area contributed by atoms with E-state index in [2.05, 4.69) is 10.4 Å². The Labute approximate surface area is 118 Å². The van der Waals surface area contributed by atoms with Gasteiger partial charge in [0, 0.05) is 26.4 Å². The van der Waals surface area contributed by atoms with Crippen molar-refractivity contribution >= 4 is 5.91 Å². The van der Waals surface area contributed by atoms with Crippen LogP contribution in [0.1, 0.15) is 31.2 Å². The third kappa shape index (κ3) is 2.08. The molecule has 2 atom stereocenters. The number of carbonyl (C=O) groups excluding carboxylic acids is 1. The largest absolute Gasteiger partial charge is 0.480 e. The molecule has 6 nitrogen and oxygen atoms in total. The van der Waals surface area contributed by atoms with Gasteiger partial charge in [-0.15, -0.1) is 5.10 Å². The summed E-state index contributed by atoms with van der Waals surface area (Å²) in [6.45, 7) is 1.15. The number of hydrogen-bond acceptors (Lipinski definition) is 4. The van der Waals surface area contributed by atoms with Gasteiger partial charge in [-0.05, 0) is 25.7 Å². The van der Waals surface area contributed by atoms with E-state index in [4.69, 9.17) is 9.47 Å². The van der Waals surface area contributed by atoms with Crippen LogP contribution in [0.3, 0.4) is 0 Å². The van der Waals surface area contributed by atoms with Crippen molar-refractivity contribution in [2.24, 2.45) is 12.5 Å². The van der Waals surface area contributed by atoms with Gasteiger partial charge < -0.3 is 14.8 Å². The molecule has 2 fully saturated rings. The number of hydrogen-bond donors (Lipinski definition) is 1. The standard InChI is InChI=1S/C14H21N3O3/c1-17-9-10(12(16-17)19-2)8-15-13(18)14-5-3-4-11(14)20-7-6-14/h9,11H,3-8H2,1-2H3,(H,15,18)/t11-,14+/m1/s1. The first kappa shape index (κ1) is 13.4. The molecule has 1 aliphatic heterocycles. The minimum Gasteiger partial charge on any atom is -0.480 e. The maximum absolute atomic E-state index is 12.6. The zero-order valence-corrected chi connectivity index (χ0v) is 12.0. The first-order valence-electron chi connectivity index (χ1n) is 7.12. The lowest BCUT2D eigenvalue weighted by molar-refractivity contribution is -0.133. The van der Waals surface area contributed by atoms with E-state index in [1.807, 2.05) is 13.2 Å². The van der Waals surface area contributed by atoms with Crippen LogP contribution in [0.15, 0.2) is 6.20 Å². The first-order chi connectivity index (χ1) is 9.65. The summed E-state index contributed by atoms with van der Waals surface area (Å²) in [6, 6.07) is 0. The monoisotopic (exact) mass is 279 g/mol. The van der Waals surface area contributed by atoms with Crippen LogP contribution < -0.4 is 10.1 Å². The van der Waals surface area contributed by atoms with Crippen molar-refractivity contribution in [3.63, 3.8) is 0 Å². The Morgan fingerprint density at radius 3 is 3.30 bits per heavy atom. The second kappa shape index (κ2) is 5.09. The van der Waals surface area contributed by atoms with Crippen molar-refractivity contribution in [1.29, 1.82) is 0 Å². The van der Waals surface area contributed by atoms with Gasteiger partial charge in [0.25, 0.3) is 0 Å². The van der Waals surface area contributed by atoms with E-state index < -0.39 is 0 Å². The van der Waals surface area contributed by atoms with Crippen molar-refractivity contribution in [3.8, 4) is 5.88 Å². The van der Waals surface area contributed by atoms with Crippen molar-refractivity contribution in [1.82, 2.24) is 15.1 Å². The molecule has 1 saturated heterocycles. The number of aryl methyl sites for hydroxylation is 1. The number of carbonyl (C=O) groups is 1. The third-order valence-electron chi connectivity index (χ3n) is 4.52. The molecule has 1 amide bonds. The highest BCUT2D eigenvalue weighted by Gasteiger charge is 2.52. The van der Waals surface area contributed by atoms with Crippen LogP contribution in [0.25, 0.3) is 0 Å². The Morgan fingerprint density at radius 2 is 2.50 bits per heavy atom. The molecule has 1 N–H and O–H groups in total. The van der Waals surface area contributed by atoms with Gasteiger partial charge in [0.05, 0.1) is 24.2 Å². The molecular formula is C14H21N3O3. The maximum Gasteiger partial charge on any atom is 0.237 e. The van der Waals surface area contributed by atoms with Gasteiger partial charge in [0.15, 0.2) is 0 Å². The molecule has 0 aromatic carbocycles. The SMILES string of the molecule is COc1nn(C)cc1CNC(=O)[C@]12CCC[C@H]1OCC2. The van der Waals surface area contributed by atoms with Crippen LogP contribution >= 0.6 is 0 Å². The molecule has 3 rings (SSSR count). The Morgan fingerprint density at radius 1 is 1.65 bits per heavy atom. The van der Waals surface area contributed by atoms with Crippen molar-refractivity contribution in [2.75, 3.05) is 13.7 Å².